The van der Waals surface area contributed by atoms with Crippen LogP contribution in [0.4, 0.5) is 20.5 Å². The Kier molecular flexibility index (Phi) is 15.6. The fraction of sp³-hybridized carbons (Fsp3) is 0.538. The smallest absolute Gasteiger partial charge is 0.418 e. The van der Waals surface area contributed by atoms with E-state index < -0.39 is 87.2 Å². The molecule has 0 radical (unpaired) electrons. The highest BCUT2D eigenvalue weighted by Crippen LogP contribution is 2.33. The summed E-state index contributed by atoms with van der Waals surface area (Å²) < 4.78 is 59.8. The molecule has 64 heavy (non-hydrogen) atoms. The number of carbonyl (C=O) groups excluding carboxylic acids is 5. The van der Waals surface area contributed by atoms with Gasteiger partial charge in [-0.2, -0.15) is 18.6 Å². The van der Waals surface area contributed by atoms with Gasteiger partial charge in [-0.25, -0.2) is 19.4 Å². The quantitative estimate of drug-likeness (QED) is 0.0241. The monoisotopic (exact) mass is 937 g/mol. The molecule has 1 fully saturated rings. The first-order valence-electron chi connectivity index (χ1n) is 19.7. The molecule has 25 heteroatoms. The Morgan fingerprint density at radius 3 is 2.16 bits per heavy atom. The van der Waals surface area contributed by atoms with E-state index >= 15 is 0 Å². The molecule has 2 atom stereocenters. The number of amides is 4. The number of thiazole rings is 1. The fourth-order valence-corrected chi connectivity index (χ4v) is 6.64. The Hall–Kier alpha value is -6.05. The highest BCUT2D eigenvalue weighted by molar-refractivity contribution is 7.80. The lowest BCUT2D eigenvalue weighted by molar-refractivity contribution is -0.218. The number of carbonyl (C=O) groups is 5. The molecule has 0 aliphatic carbocycles. The van der Waals surface area contributed by atoms with Crippen molar-refractivity contribution in [3.05, 3.63) is 41.5 Å². The molecular weight excluding hydrogens is 883 g/mol. The number of nitrogens with one attached hydrogen (secondary N) is 3. The number of hydroxylamine groups is 2. The van der Waals surface area contributed by atoms with Crippen molar-refractivity contribution in [3.63, 3.8) is 0 Å². The minimum atomic E-state index is -5.09. The van der Waals surface area contributed by atoms with Crippen LogP contribution in [-0.2, 0) is 54.7 Å². The van der Waals surface area contributed by atoms with E-state index in [-0.39, 0.29) is 16.6 Å². The van der Waals surface area contributed by atoms with Crippen LogP contribution in [0.1, 0.15) is 88.3 Å². The summed E-state index contributed by atoms with van der Waals surface area (Å²) in [6.45, 7) is 18.2. The molecule has 3 heterocycles. The number of esters is 1. The van der Waals surface area contributed by atoms with Gasteiger partial charge in [0.25, 0.3) is 17.9 Å². The van der Waals surface area contributed by atoms with Crippen LogP contribution in [0.15, 0.2) is 41.0 Å². The zero-order valence-corrected chi connectivity index (χ0v) is 39.0. The van der Waals surface area contributed by atoms with Crippen LogP contribution in [0.25, 0.3) is 11.1 Å². The molecule has 3 aromatic rings. The molecule has 23 nitrogen and oxygen atoms in total. The number of rotatable bonds is 17. The first kappa shape index (κ1) is 50.6. The van der Waals surface area contributed by atoms with Crippen molar-refractivity contribution < 1.29 is 65.0 Å². The Morgan fingerprint density at radius 1 is 0.969 bits per heavy atom. The van der Waals surface area contributed by atoms with Crippen molar-refractivity contribution >= 4 is 68.4 Å². The molecule has 1 unspecified atom stereocenters. The summed E-state index contributed by atoms with van der Waals surface area (Å²) in [5, 5.41) is 17.6. The van der Waals surface area contributed by atoms with Gasteiger partial charge in [0.05, 0.1) is 5.54 Å². The minimum absolute atomic E-state index is 0.0188. The number of ether oxygens (including phenoxy) is 4. The maximum Gasteiger partial charge on any atom is 0.418 e. The Balaban J connectivity index is 1.53. The number of nitrogen functional groups attached to an aromatic ring is 1. The van der Waals surface area contributed by atoms with Crippen LogP contribution in [0, 0.1) is 0 Å². The van der Waals surface area contributed by atoms with Crippen LogP contribution in [0.3, 0.4) is 0 Å². The highest BCUT2D eigenvalue weighted by atomic mass is 32.3. The summed E-state index contributed by atoms with van der Waals surface area (Å²) in [7, 11) is -5.09. The van der Waals surface area contributed by atoms with Crippen molar-refractivity contribution in [2.24, 2.45) is 5.16 Å². The molecule has 2 aromatic heterocycles. The molecule has 1 aromatic carbocycles. The third-order valence-corrected chi connectivity index (χ3v) is 9.32. The molecule has 0 spiro atoms. The number of hydrogen-bond acceptors (Lipinski definition) is 18. The summed E-state index contributed by atoms with van der Waals surface area (Å²) in [5.74, 6) is -2.47. The summed E-state index contributed by atoms with van der Waals surface area (Å²) in [5.41, 5.74) is 2.85. The Morgan fingerprint density at radius 2 is 1.58 bits per heavy atom. The van der Waals surface area contributed by atoms with Gasteiger partial charge in [-0.1, -0.05) is 17.3 Å². The summed E-state index contributed by atoms with van der Waals surface area (Å²) in [4.78, 5) is 74.5. The van der Waals surface area contributed by atoms with Crippen LogP contribution >= 0.6 is 11.3 Å². The number of hydrogen-bond donors (Lipinski definition) is 5. The fourth-order valence-electron chi connectivity index (χ4n) is 5.50. The average molecular weight is 938 g/mol. The van der Waals surface area contributed by atoms with E-state index in [1.54, 1.807) is 97.5 Å². The number of aryl methyl sites for hydroxylation is 1. The van der Waals surface area contributed by atoms with Crippen LogP contribution in [0.2, 0.25) is 0 Å². The molecule has 1 saturated heterocycles. The van der Waals surface area contributed by atoms with Crippen molar-refractivity contribution in [3.8, 4) is 16.9 Å². The van der Waals surface area contributed by atoms with E-state index in [0.717, 1.165) is 11.3 Å². The zero-order chi connectivity index (χ0) is 48.0. The second-order valence-electron chi connectivity index (χ2n) is 17.7. The standard InChI is InChI=1S/C39H55N9O14S2/c1-36(2,3)58-32(51)26(20-57-23-15-13-22(14-16-23)24-19-47(45-29(24)40)18-12-17-41-34(52)59-37(4,5)6)61-46-27(25-21-63-33(42-25)44-35(53)60-38(7,8)9)30(49)43-28-31(50)48(39(28,10)11)62-64(54,55)56/h13-16,19,21,26,28H,12,17-18,20H2,1-11H3,(H2,40,45)(H,41,52)(H,43,49)(H,42,44,53)(H,54,55,56)/b46-27-/t26?,28-/m1/s1. The van der Waals surface area contributed by atoms with Gasteiger partial charge in [0.1, 0.15) is 40.9 Å². The van der Waals surface area contributed by atoms with Gasteiger partial charge in [0, 0.05) is 30.2 Å². The Bertz CT molecular complexity index is 2320. The number of nitrogens with zero attached hydrogens (tertiary/aromatic N) is 5. The number of nitrogens with two attached hydrogens (primary N) is 1. The number of β-lactam (4-membered cyclic amide) rings is 1. The first-order valence-corrected chi connectivity index (χ1v) is 21.9. The maximum absolute atomic E-state index is 13.9. The van der Waals surface area contributed by atoms with Gasteiger partial charge in [0.15, 0.2) is 16.7 Å². The first-order chi connectivity index (χ1) is 29.4. The minimum Gasteiger partial charge on any atom is -0.489 e. The number of anilines is 2. The second kappa shape index (κ2) is 19.8. The van der Waals surface area contributed by atoms with E-state index in [1.807, 2.05) is 0 Å². The van der Waals surface area contributed by atoms with Gasteiger partial charge in [-0.05, 0) is 100 Å². The number of aromatic nitrogens is 3. The molecule has 0 bridgehead atoms. The number of alkyl carbamates (subject to hydrolysis) is 1. The molecular formula is C39H55N9O14S2. The molecule has 0 saturated carbocycles. The van der Waals surface area contributed by atoms with Crippen LogP contribution in [0.5, 0.6) is 5.75 Å². The number of benzene rings is 1. The van der Waals surface area contributed by atoms with Crippen LogP contribution in [-0.4, -0.2) is 116 Å². The normalized spacial score (nSPS) is 15.9. The van der Waals surface area contributed by atoms with Gasteiger partial charge >= 0.3 is 28.6 Å². The van der Waals surface area contributed by atoms with E-state index in [9.17, 15) is 32.4 Å². The summed E-state index contributed by atoms with van der Waals surface area (Å²) >= 11 is 0.883. The van der Waals surface area contributed by atoms with Crippen LogP contribution < -0.4 is 26.4 Å². The van der Waals surface area contributed by atoms with Gasteiger partial charge in [-0.15, -0.1) is 15.6 Å². The van der Waals surface area contributed by atoms with E-state index in [1.165, 1.54) is 19.2 Å². The molecule has 4 amide bonds. The van der Waals surface area contributed by atoms with E-state index in [4.69, 9.17) is 34.1 Å². The summed E-state index contributed by atoms with van der Waals surface area (Å²) in [6.07, 6.45) is -0.630. The molecule has 1 aliphatic heterocycles. The molecule has 4 rings (SSSR count). The lowest BCUT2D eigenvalue weighted by Gasteiger charge is -2.50. The predicted octanol–water partition coefficient (Wildman–Crippen LogP) is 4.20. The lowest BCUT2D eigenvalue weighted by atomic mass is 9.84. The maximum atomic E-state index is 13.9. The third-order valence-electron chi connectivity index (χ3n) is 8.22. The largest absolute Gasteiger partial charge is 0.489 e. The van der Waals surface area contributed by atoms with Crippen molar-refractivity contribution in [2.45, 2.75) is 124 Å². The van der Waals surface area contributed by atoms with Crippen molar-refractivity contribution in [1.29, 1.82) is 0 Å². The highest BCUT2D eigenvalue weighted by Gasteiger charge is 2.58. The van der Waals surface area contributed by atoms with E-state index in [2.05, 4.69) is 35.5 Å². The number of oxime groups is 1. The zero-order valence-electron chi connectivity index (χ0n) is 37.3. The molecule has 6 N–H and O–H groups in total. The van der Waals surface area contributed by atoms with Gasteiger partial charge < -0.3 is 40.2 Å². The molecule has 1 aliphatic rings. The SMILES string of the molecule is CC(C)(C)OC(=O)NCCCn1cc(-c2ccc(OCC(O/N=C(\C(=O)N[C@@H]3C(=O)N(OS(=O)(=O)O)C3(C)C)c3csc(NC(=O)OC(C)(C)C)n3)C(=O)OC(C)(C)C)cc2)c(N)n1. The average Bonchev–Trinajstić information content (AvgIpc) is 3.75. The van der Waals surface area contributed by atoms with Crippen molar-refractivity contribution in [2.75, 3.05) is 24.2 Å². The molecule has 352 valence electrons. The summed E-state index contributed by atoms with van der Waals surface area (Å²) in [6, 6.07) is 5.27. The lowest BCUT2D eigenvalue weighted by Crippen LogP contribution is -2.76. The van der Waals surface area contributed by atoms with Gasteiger partial charge in [0.2, 0.25) is 0 Å². The third kappa shape index (κ3) is 15.0. The Labute approximate surface area is 374 Å². The second-order valence-corrected chi connectivity index (χ2v) is 19.6. The van der Waals surface area contributed by atoms with E-state index in [0.29, 0.717) is 41.4 Å². The van der Waals surface area contributed by atoms with Crippen molar-refractivity contribution in [1.82, 2.24) is 30.5 Å². The topological polar surface area (TPSA) is 304 Å². The predicted molar refractivity (Wildman–Crippen MR) is 231 cm³/mol. The van der Waals surface area contributed by atoms with Gasteiger partial charge in [-0.3, -0.25) is 24.1 Å².